The lowest BCUT2D eigenvalue weighted by atomic mass is 9.54. The summed E-state index contributed by atoms with van der Waals surface area (Å²) in [5.74, 6) is 2.34. The molecule has 2 heteroatoms. The summed E-state index contributed by atoms with van der Waals surface area (Å²) in [6, 6.07) is 8.38. The van der Waals surface area contributed by atoms with E-state index in [1.165, 1.54) is 24.0 Å². The summed E-state index contributed by atoms with van der Waals surface area (Å²) in [5, 5.41) is 19.1. The van der Waals surface area contributed by atoms with Gasteiger partial charge in [-0.2, -0.15) is 5.26 Å². The van der Waals surface area contributed by atoms with Gasteiger partial charge in [-0.3, -0.25) is 0 Å². The molecule has 4 rings (SSSR count). The zero-order valence-electron chi connectivity index (χ0n) is 12.5. The largest absolute Gasteiger partial charge is 0.508 e. The summed E-state index contributed by atoms with van der Waals surface area (Å²) in [5.41, 5.74) is 3.94. The molecule has 108 valence electrons. The number of benzene rings is 1. The molecule has 1 N–H and O–H groups in total. The molecule has 4 atom stereocenters. The van der Waals surface area contributed by atoms with Crippen LogP contribution in [0.4, 0.5) is 0 Å². The van der Waals surface area contributed by atoms with Gasteiger partial charge < -0.3 is 5.11 Å². The number of rotatable bonds is 0. The highest BCUT2D eigenvalue weighted by Crippen LogP contribution is 2.60. The lowest BCUT2D eigenvalue weighted by Gasteiger charge is -2.49. The molecule has 1 aromatic carbocycles. The second kappa shape index (κ2) is 4.37. The molecule has 4 unspecified atom stereocenters. The topological polar surface area (TPSA) is 44.0 Å². The van der Waals surface area contributed by atoms with Gasteiger partial charge >= 0.3 is 0 Å². The Hall–Kier alpha value is -1.75. The Balaban J connectivity index is 1.71. The summed E-state index contributed by atoms with van der Waals surface area (Å²) in [6.45, 7) is 2.31. The minimum Gasteiger partial charge on any atom is -0.508 e. The normalized spacial score (nSPS) is 37.0. The molecule has 21 heavy (non-hydrogen) atoms. The molecule has 0 amide bonds. The number of hydrogen-bond donors (Lipinski definition) is 1. The Bertz CT molecular complexity index is 669. The monoisotopic (exact) mass is 279 g/mol. The van der Waals surface area contributed by atoms with Crippen molar-refractivity contribution in [3.05, 3.63) is 41.0 Å². The second-order valence-electron chi connectivity index (χ2n) is 7.22. The predicted octanol–water partition coefficient (Wildman–Crippen LogP) is 4.31. The van der Waals surface area contributed by atoms with Gasteiger partial charge in [-0.25, -0.2) is 0 Å². The molecular formula is C19H21NO. The van der Waals surface area contributed by atoms with Crippen LogP contribution in [0.25, 0.3) is 0 Å². The lowest BCUT2D eigenvalue weighted by Crippen LogP contribution is -2.41. The quantitative estimate of drug-likeness (QED) is 0.769. The van der Waals surface area contributed by atoms with Crippen molar-refractivity contribution in [1.82, 2.24) is 0 Å². The zero-order chi connectivity index (χ0) is 14.6. The van der Waals surface area contributed by atoms with Gasteiger partial charge in [0.15, 0.2) is 0 Å². The third-order valence-electron chi connectivity index (χ3n) is 6.41. The van der Waals surface area contributed by atoms with Crippen molar-refractivity contribution >= 4 is 0 Å². The van der Waals surface area contributed by atoms with E-state index in [4.69, 9.17) is 0 Å². The summed E-state index contributed by atoms with van der Waals surface area (Å²) >= 11 is 0. The summed E-state index contributed by atoms with van der Waals surface area (Å²) in [7, 11) is 0. The van der Waals surface area contributed by atoms with Gasteiger partial charge in [-0.15, -0.1) is 0 Å². The van der Waals surface area contributed by atoms with Crippen molar-refractivity contribution < 1.29 is 5.11 Å². The van der Waals surface area contributed by atoms with Gasteiger partial charge in [-0.1, -0.05) is 19.1 Å². The maximum absolute atomic E-state index is 9.70. The zero-order valence-corrected chi connectivity index (χ0v) is 12.5. The number of hydrogen-bond acceptors (Lipinski definition) is 2. The smallest absolute Gasteiger partial charge is 0.115 e. The van der Waals surface area contributed by atoms with Gasteiger partial charge in [0.05, 0.1) is 6.07 Å². The summed E-state index contributed by atoms with van der Waals surface area (Å²) in [6.07, 6.45) is 7.84. The minimum atomic E-state index is 0.115. The van der Waals surface area contributed by atoms with Gasteiger partial charge in [0.1, 0.15) is 5.75 Å². The number of aromatic hydroxyl groups is 1. The number of aryl methyl sites for hydroxylation is 1. The number of fused-ring (bicyclic) bond motifs is 5. The molecular weight excluding hydrogens is 258 g/mol. The van der Waals surface area contributed by atoms with Crippen LogP contribution < -0.4 is 0 Å². The van der Waals surface area contributed by atoms with Crippen LogP contribution in [-0.2, 0) is 6.42 Å². The number of phenolic OH excluding ortho intramolecular Hbond substituents is 1. The van der Waals surface area contributed by atoms with E-state index in [0.717, 1.165) is 24.8 Å². The first-order valence-electron chi connectivity index (χ1n) is 8.06. The van der Waals surface area contributed by atoms with E-state index in [9.17, 15) is 10.4 Å². The maximum Gasteiger partial charge on any atom is 0.115 e. The van der Waals surface area contributed by atoms with Crippen LogP contribution in [0.3, 0.4) is 0 Å². The summed E-state index contributed by atoms with van der Waals surface area (Å²) in [4.78, 5) is 0. The van der Waals surface area contributed by atoms with E-state index < -0.39 is 0 Å². The maximum atomic E-state index is 9.70. The number of nitrogens with zero attached hydrogens (tertiary/aromatic N) is 1. The molecule has 1 fully saturated rings. The fourth-order valence-corrected chi connectivity index (χ4v) is 5.31. The minimum absolute atomic E-state index is 0.115. The molecule has 3 aliphatic carbocycles. The molecule has 0 spiro atoms. The second-order valence-corrected chi connectivity index (χ2v) is 7.22. The molecule has 0 aliphatic heterocycles. The molecule has 1 aromatic rings. The third kappa shape index (κ3) is 1.70. The van der Waals surface area contributed by atoms with Crippen LogP contribution in [0.2, 0.25) is 0 Å². The average Bonchev–Trinajstić information content (AvgIpc) is 2.83. The van der Waals surface area contributed by atoms with E-state index in [0.29, 0.717) is 23.5 Å². The molecule has 0 heterocycles. The SMILES string of the molecule is CC12CCC3c4ccc(O)cc4CCC3C1CC=C2C#N. The van der Waals surface area contributed by atoms with E-state index in [1.807, 2.05) is 12.1 Å². The van der Waals surface area contributed by atoms with Crippen molar-refractivity contribution in [2.45, 2.75) is 44.9 Å². The van der Waals surface area contributed by atoms with Crippen molar-refractivity contribution in [2.75, 3.05) is 0 Å². The Morgan fingerprint density at radius 3 is 3.00 bits per heavy atom. The van der Waals surface area contributed by atoms with Crippen LogP contribution in [0.5, 0.6) is 5.75 Å². The molecule has 0 bridgehead atoms. The van der Waals surface area contributed by atoms with Gasteiger partial charge in [0.25, 0.3) is 0 Å². The fourth-order valence-electron chi connectivity index (χ4n) is 5.31. The third-order valence-corrected chi connectivity index (χ3v) is 6.41. The highest BCUT2D eigenvalue weighted by Gasteiger charge is 2.51. The van der Waals surface area contributed by atoms with Crippen LogP contribution in [0.15, 0.2) is 29.8 Å². The highest BCUT2D eigenvalue weighted by molar-refractivity contribution is 5.42. The van der Waals surface area contributed by atoms with E-state index in [2.05, 4.69) is 25.1 Å². The number of allylic oxidation sites excluding steroid dienone is 2. The molecule has 0 radical (unpaired) electrons. The van der Waals surface area contributed by atoms with Crippen LogP contribution in [0.1, 0.15) is 49.7 Å². The average molecular weight is 279 g/mol. The first-order chi connectivity index (χ1) is 10.1. The Labute approximate surface area is 126 Å². The van der Waals surface area contributed by atoms with Crippen LogP contribution >= 0.6 is 0 Å². The molecule has 0 saturated heterocycles. The van der Waals surface area contributed by atoms with Crippen molar-refractivity contribution in [3.63, 3.8) is 0 Å². The number of nitriles is 1. The van der Waals surface area contributed by atoms with Crippen molar-refractivity contribution in [3.8, 4) is 11.8 Å². The van der Waals surface area contributed by atoms with Crippen molar-refractivity contribution in [1.29, 1.82) is 5.26 Å². The fraction of sp³-hybridized carbons (Fsp3) is 0.526. The number of phenols is 1. The first-order valence-corrected chi connectivity index (χ1v) is 8.06. The van der Waals surface area contributed by atoms with Crippen LogP contribution in [0, 0.1) is 28.6 Å². The van der Waals surface area contributed by atoms with Gasteiger partial charge in [-0.05, 0) is 73.1 Å². The molecule has 2 nitrogen and oxygen atoms in total. The van der Waals surface area contributed by atoms with E-state index in [1.54, 1.807) is 0 Å². The molecule has 1 saturated carbocycles. The standard InChI is InChI=1S/C19H21NO/c1-19-9-8-16-15-6-4-14(21)10-12(15)2-5-17(16)18(19)7-3-13(19)11-20/h3-4,6,10,16-18,21H,2,5,7-9H2,1H3. The Morgan fingerprint density at radius 2 is 2.19 bits per heavy atom. The predicted molar refractivity (Wildman–Crippen MR) is 81.8 cm³/mol. The van der Waals surface area contributed by atoms with E-state index >= 15 is 0 Å². The highest BCUT2D eigenvalue weighted by atomic mass is 16.3. The van der Waals surface area contributed by atoms with Gasteiger partial charge in [0, 0.05) is 11.0 Å². The van der Waals surface area contributed by atoms with Gasteiger partial charge in [0.2, 0.25) is 0 Å². The molecule has 3 aliphatic rings. The van der Waals surface area contributed by atoms with E-state index in [-0.39, 0.29) is 5.41 Å². The Kier molecular flexibility index (Phi) is 2.70. The Morgan fingerprint density at radius 1 is 1.33 bits per heavy atom. The first kappa shape index (κ1) is 13.0. The molecule has 0 aromatic heterocycles. The van der Waals surface area contributed by atoms with Crippen molar-refractivity contribution in [2.24, 2.45) is 17.3 Å². The van der Waals surface area contributed by atoms with Crippen LogP contribution in [-0.4, -0.2) is 5.11 Å². The summed E-state index contributed by atoms with van der Waals surface area (Å²) < 4.78 is 0. The lowest BCUT2D eigenvalue weighted by molar-refractivity contribution is 0.0779.